The van der Waals surface area contributed by atoms with Crippen molar-refractivity contribution in [1.82, 2.24) is 15.0 Å². The van der Waals surface area contributed by atoms with Crippen LogP contribution < -0.4 is 10.2 Å². The Labute approximate surface area is 131 Å². The average molecular weight is 297 g/mol. The zero-order valence-electron chi connectivity index (χ0n) is 13.5. The molecule has 2 heterocycles. The molecule has 5 heteroatoms. The Morgan fingerprint density at radius 1 is 1.18 bits per heavy atom. The highest BCUT2D eigenvalue weighted by atomic mass is 15.2. The third-order valence-corrected chi connectivity index (χ3v) is 4.11. The lowest BCUT2D eigenvalue weighted by Crippen LogP contribution is -2.20. The van der Waals surface area contributed by atoms with E-state index in [2.05, 4.69) is 23.3 Å². The van der Waals surface area contributed by atoms with E-state index >= 15 is 0 Å². The minimum absolute atomic E-state index is 0.171. The van der Waals surface area contributed by atoms with E-state index in [1.54, 1.807) is 6.20 Å². The summed E-state index contributed by atoms with van der Waals surface area (Å²) in [6, 6.07) is 4.23. The molecule has 0 aliphatic heterocycles. The van der Waals surface area contributed by atoms with Gasteiger partial charge in [-0.2, -0.15) is 4.98 Å². The lowest BCUT2D eigenvalue weighted by atomic mass is 9.96. The second-order valence-electron chi connectivity index (χ2n) is 6.05. The molecule has 0 spiro atoms. The van der Waals surface area contributed by atoms with E-state index < -0.39 is 0 Å². The predicted octanol–water partition coefficient (Wildman–Crippen LogP) is 2.99. The Balaban J connectivity index is 1.93. The molecule has 1 atom stereocenters. The van der Waals surface area contributed by atoms with E-state index in [1.165, 1.54) is 24.1 Å². The first-order valence-electron chi connectivity index (χ1n) is 7.88. The number of aryl methyl sites for hydroxylation is 1. The highest BCUT2D eigenvalue weighted by Crippen LogP contribution is 2.29. The zero-order valence-corrected chi connectivity index (χ0v) is 13.5. The van der Waals surface area contributed by atoms with Crippen molar-refractivity contribution in [2.75, 3.05) is 24.3 Å². The van der Waals surface area contributed by atoms with Crippen LogP contribution in [0, 0.1) is 0 Å². The highest BCUT2D eigenvalue weighted by molar-refractivity contribution is 5.53. The lowest BCUT2D eigenvalue weighted by Gasteiger charge is -2.24. The summed E-state index contributed by atoms with van der Waals surface area (Å²) in [4.78, 5) is 15.6. The molecule has 116 valence electrons. The van der Waals surface area contributed by atoms with Gasteiger partial charge in [0.2, 0.25) is 5.95 Å². The average Bonchev–Trinajstić information content (AvgIpc) is 2.55. The predicted molar refractivity (Wildman–Crippen MR) is 89.3 cm³/mol. The van der Waals surface area contributed by atoms with Gasteiger partial charge in [0.15, 0.2) is 0 Å². The molecule has 2 aromatic heterocycles. The van der Waals surface area contributed by atoms with Crippen LogP contribution in [0.15, 0.2) is 24.5 Å². The van der Waals surface area contributed by atoms with Crippen LogP contribution in [0.3, 0.4) is 0 Å². The minimum Gasteiger partial charge on any atom is -0.363 e. The maximum absolute atomic E-state index is 4.73. The van der Waals surface area contributed by atoms with Gasteiger partial charge in [0.1, 0.15) is 5.82 Å². The second-order valence-corrected chi connectivity index (χ2v) is 6.05. The number of nitrogens with zero attached hydrogens (tertiary/aromatic N) is 4. The van der Waals surface area contributed by atoms with Crippen molar-refractivity contribution >= 4 is 11.8 Å². The van der Waals surface area contributed by atoms with Gasteiger partial charge in [-0.15, -0.1) is 0 Å². The number of hydrogen-bond donors (Lipinski definition) is 1. The first kappa shape index (κ1) is 14.8. The van der Waals surface area contributed by atoms with Gasteiger partial charge in [-0.25, -0.2) is 4.98 Å². The summed E-state index contributed by atoms with van der Waals surface area (Å²) in [5.74, 6) is 1.76. The number of pyridine rings is 1. The molecular weight excluding hydrogens is 274 g/mol. The first-order chi connectivity index (χ1) is 10.6. The van der Waals surface area contributed by atoms with Crippen molar-refractivity contribution in [3.8, 4) is 0 Å². The maximum atomic E-state index is 4.73. The minimum atomic E-state index is 0.171. The van der Waals surface area contributed by atoms with Crippen LogP contribution in [0.1, 0.15) is 42.6 Å². The quantitative estimate of drug-likeness (QED) is 0.940. The number of fused-ring (bicyclic) bond motifs is 1. The Kier molecular flexibility index (Phi) is 4.22. The number of rotatable bonds is 4. The Bertz CT molecular complexity index is 639. The third kappa shape index (κ3) is 3.03. The van der Waals surface area contributed by atoms with Gasteiger partial charge in [-0.3, -0.25) is 4.98 Å². The van der Waals surface area contributed by atoms with Crippen molar-refractivity contribution in [3.63, 3.8) is 0 Å². The molecule has 0 aromatic carbocycles. The summed E-state index contributed by atoms with van der Waals surface area (Å²) >= 11 is 0. The summed E-state index contributed by atoms with van der Waals surface area (Å²) in [7, 11) is 3.97. The SMILES string of the molecule is C[C@H](Nc1nc(N(C)C)nc2c1CCCC2)c1cccnc1. The fourth-order valence-electron chi connectivity index (χ4n) is 2.82. The number of aromatic nitrogens is 3. The Morgan fingerprint density at radius 2 is 2.00 bits per heavy atom. The van der Waals surface area contributed by atoms with Crippen LogP contribution in [0.4, 0.5) is 11.8 Å². The number of hydrogen-bond acceptors (Lipinski definition) is 5. The van der Waals surface area contributed by atoms with Crippen LogP contribution >= 0.6 is 0 Å². The summed E-state index contributed by atoms with van der Waals surface area (Å²) in [6.07, 6.45) is 8.24. The smallest absolute Gasteiger partial charge is 0.227 e. The van der Waals surface area contributed by atoms with Crippen LogP contribution in [-0.2, 0) is 12.8 Å². The normalized spacial score (nSPS) is 15.0. The Hall–Kier alpha value is -2.17. The van der Waals surface area contributed by atoms with Gasteiger partial charge in [-0.1, -0.05) is 6.07 Å². The first-order valence-corrected chi connectivity index (χ1v) is 7.88. The molecule has 0 saturated carbocycles. The summed E-state index contributed by atoms with van der Waals surface area (Å²) < 4.78 is 0. The topological polar surface area (TPSA) is 53.9 Å². The molecule has 3 rings (SSSR count). The number of anilines is 2. The fraction of sp³-hybridized carbons (Fsp3) is 0.471. The summed E-state index contributed by atoms with van der Waals surface area (Å²) in [6.45, 7) is 2.14. The second kappa shape index (κ2) is 6.30. The molecular formula is C17H23N5. The van der Waals surface area contributed by atoms with Crippen LogP contribution in [0.2, 0.25) is 0 Å². The highest BCUT2D eigenvalue weighted by Gasteiger charge is 2.20. The van der Waals surface area contributed by atoms with Crippen molar-refractivity contribution in [1.29, 1.82) is 0 Å². The van der Waals surface area contributed by atoms with E-state index in [-0.39, 0.29) is 6.04 Å². The molecule has 0 bridgehead atoms. The van der Waals surface area contributed by atoms with Gasteiger partial charge in [0.05, 0.1) is 11.7 Å². The molecule has 0 unspecified atom stereocenters. The van der Waals surface area contributed by atoms with Gasteiger partial charge in [-0.05, 0) is 44.2 Å². The van der Waals surface area contributed by atoms with Crippen molar-refractivity contribution in [2.45, 2.75) is 38.6 Å². The molecule has 0 fully saturated rings. The van der Waals surface area contributed by atoms with E-state index in [0.717, 1.165) is 30.2 Å². The molecule has 0 radical (unpaired) electrons. The van der Waals surface area contributed by atoms with Gasteiger partial charge in [0.25, 0.3) is 0 Å². The molecule has 0 amide bonds. The number of nitrogens with one attached hydrogen (secondary N) is 1. The molecule has 1 N–H and O–H groups in total. The van der Waals surface area contributed by atoms with E-state index in [0.29, 0.717) is 0 Å². The van der Waals surface area contributed by atoms with Crippen molar-refractivity contribution in [2.24, 2.45) is 0 Å². The monoisotopic (exact) mass is 297 g/mol. The van der Waals surface area contributed by atoms with Crippen molar-refractivity contribution < 1.29 is 0 Å². The van der Waals surface area contributed by atoms with Crippen molar-refractivity contribution in [3.05, 3.63) is 41.3 Å². The fourth-order valence-corrected chi connectivity index (χ4v) is 2.82. The van der Waals surface area contributed by atoms with Gasteiger partial charge >= 0.3 is 0 Å². The molecule has 22 heavy (non-hydrogen) atoms. The standard InChI is InChI=1S/C17H23N5/c1-12(13-7-6-10-18-11-13)19-16-14-8-4-5-9-15(14)20-17(21-16)22(2)3/h6-7,10-12H,4-5,8-9H2,1-3H3,(H,19,20,21)/t12-/m0/s1. The van der Waals surface area contributed by atoms with Crippen LogP contribution in [0.25, 0.3) is 0 Å². The van der Waals surface area contributed by atoms with Gasteiger partial charge < -0.3 is 10.2 Å². The Morgan fingerprint density at radius 3 is 2.73 bits per heavy atom. The molecule has 2 aromatic rings. The lowest BCUT2D eigenvalue weighted by molar-refractivity contribution is 0.660. The molecule has 5 nitrogen and oxygen atoms in total. The maximum Gasteiger partial charge on any atom is 0.227 e. The van der Waals surface area contributed by atoms with E-state index in [1.807, 2.05) is 31.3 Å². The molecule has 0 saturated heterocycles. The molecule has 1 aliphatic carbocycles. The van der Waals surface area contributed by atoms with E-state index in [4.69, 9.17) is 9.97 Å². The summed E-state index contributed by atoms with van der Waals surface area (Å²) in [5.41, 5.74) is 3.65. The molecule has 1 aliphatic rings. The summed E-state index contributed by atoms with van der Waals surface area (Å²) in [5, 5.41) is 3.56. The largest absolute Gasteiger partial charge is 0.363 e. The van der Waals surface area contributed by atoms with Crippen LogP contribution in [0.5, 0.6) is 0 Å². The zero-order chi connectivity index (χ0) is 15.5. The third-order valence-electron chi connectivity index (χ3n) is 4.11. The van der Waals surface area contributed by atoms with Gasteiger partial charge in [0, 0.05) is 32.1 Å². The van der Waals surface area contributed by atoms with Crippen LogP contribution in [-0.4, -0.2) is 29.0 Å². The van der Waals surface area contributed by atoms with E-state index in [9.17, 15) is 0 Å².